The van der Waals surface area contributed by atoms with Crippen LogP contribution in [0.25, 0.3) is 0 Å². The quantitative estimate of drug-likeness (QED) is 0.365. The monoisotopic (exact) mass is 490 g/mol. The normalized spacial score (nSPS) is 17.8. The van der Waals surface area contributed by atoms with Crippen LogP contribution in [-0.2, 0) is 4.74 Å². The van der Waals surface area contributed by atoms with Crippen molar-refractivity contribution < 1.29 is 9.47 Å². The standard InChI is InChI=1S/C20H34N4O2.HI/c1-15-7-8-18(25-6)17(13-15)16(2)23-19(21-3)22-14-20(24(4)5)9-11-26-12-10-20;/h7-8,13,16H,9-12,14H2,1-6H3,(H2,21,22,23);1H. The number of aliphatic imine (C=N–C) groups is 1. The SMILES string of the molecule is CN=C(NCC1(N(C)C)CCOCC1)NC(C)c1cc(C)ccc1OC.I. The molecule has 1 aromatic carbocycles. The Labute approximate surface area is 181 Å². The predicted octanol–water partition coefficient (Wildman–Crippen LogP) is 2.96. The molecule has 1 aromatic rings. The first-order valence-electron chi connectivity index (χ1n) is 9.29. The second-order valence-electron chi connectivity index (χ2n) is 7.27. The van der Waals surface area contributed by atoms with Crippen LogP contribution in [0.1, 0.15) is 36.9 Å². The summed E-state index contributed by atoms with van der Waals surface area (Å²) < 4.78 is 11.1. The van der Waals surface area contributed by atoms with Gasteiger partial charge in [0, 0.05) is 37.9 Å². The van der Waals surface area contributed by atoms with Crippen LogP contribution in [0.5, 0.6) is 5.75 Å². The maximum Gasteiger partial charge on any atom is 0.191 e. The molecule has 0 amide bonds. The highest BCUT2D eigenvalue weighted by Gasteiger charge is 2.34. The predicted molar refractivity (Wildman–Crippen MR) is 123 cm³/mol. The van der Waals surface area contributed by atoms with E-state index in [0.717, 1.165) is 49.9 Å². The molecule has 27 heavy (non-hydrogen) atoms. The van der Waals surface area contributed by atoms with Gasteiger partial charge in [0.05, 0.1) is 13.2 Å². The molecule has 2 rings (SSSR count). The molecule has 1 unspecified atom stereocenters. The van der Waals surface area contributed by atoms with Gasteiger partial charge in [-0.1, -0.05) is 17.7 Å². The minimum absolute atomic E-state index is 0. The average molecular weight is 490 g/mol. The summed E-state index contributed by atoms with van der Waals surface area (Å²) >= 11 is 0. The zero-order valence-corrected chi connectivity index (χ0v) is 19.8. The molecule has 2 N–H and O–H groups in total. The molecule has 0 aromatic heterocycles. The van der Waals surface area contributed by atoms with Gasteiger partial charge >= 0.3 is 0 Å². The van der Waals surface area contributed by atoms with E-state index in [9.17, 15) is 0 Å². The Kier molecular flexibility index (Phi) is 9.83. The summed E-state index contributed by atoms with van der Waals surface area (Å²) in [5.74, 6) is 1.69. The van der Waals surface area contributed by atoms with Crippen molar-refractivity contribution >= 4 is 29.9 Å². The van der Waals surface area contributed by atoms with Crippen LogP contribution < -0.4 is 15.4 Å². The number of benzene rings is 1. The molecular weight excluding hydrogens is 455 g/mol. The van der Waals surface area contributed by atoms with E-state index in [0.29, 0.717) is 0 Å². The molecule has 0 spiro atoms. The van der Waals surface area contributed by atoms with Crippen LogP contribution in [-0.4, -0.2) is 64.4 Å². The lowest BCUT2D eigenvalue weighted by atomic mass is 9.88. The third-order valence-electron chi connectivity index (χ3n) is 5.39. The third-order valence-corrected chi connectivity index (χ3v) is 5.39. The highest BCUT2D eigenvalue weighted by Crippen LogP contribution is 2.27. The Balaban J connectivity index is 0.00000364. The number of nitrogens with zero attached hydrogens (tertiary/aromatic N) is 2. The minimum Gasteiger partial charge on any atom is -0.496 e. The summed E-state index contributed by atoms with van der Waals surface area (Å²) in [6, 6.07) is 6.32. The first-order valence-corrected chi connectivity index (χ1v) is 9.29. The fraction of sp³-hybridized carbons (Fsp3) is 0.650. The Hall–Kier alpha value is -1.06. The van der Waals surface area contributed by atoms with Crippen molar-refractivity contribution in [1.29, 1.82) is 0 Å². The van der Waals surface area contributed by atoms with Gasteiger partial charge < -0.3 is 25.0 Å². The number of likely N-dealkylation sites (N-methyl/N-ethyl adjacent to an activating group) is 1. The van der Waals surface area contributed by atoms with Crippen LogP contribution in [0.2, 0.25) is 0 Å². The third kappa shape index (κ3) is 6.22. The van der Waals surface area contributed by atoms with Gasteiger partial charge in [-0.3, -0.25) is 4.99 Å². The number of methoxy groups -OCH3 is 1. The van der Waals surface area contributed by atoms with E-state index in [4.69, 9.17) is 9.47 Å². The lowest BCUT2D eigenvalue weighted by Crippen LogP contribution is -2.57. The summed E-state index contributed by atoms with van der Waals surface area (Å²) in [6.07, 6.45) is 2.04. The van der Waals surface area contributed by atoms with E-state index < -0.39 is 0 Å². The van der Waals surface area contributed by atoms with Crippen LogP contribution in [0.4, 0.5) is 0 Å². The van der Waals surface area contributed by atoms with Gasteiger partial charge in [-0.2, -0.15) is 0 Å². The van der Waals surface area contributed by atoms with E-state index >= 15 is 0 Å². The lowest BCUT2D eigenvalue weighted by molar-refractivity contribution is -0.00502. The van der Waals surface area contributed by atoms with Crippen LogP contribution in [0.3, 0.4) is 0 Å². The number of hydrogen-bond acceptors (Lipinski definition) is 4. The smallest absolute Gasteiger partial charge is 0.191 e. The maximum absolute atomic E-state index is 5.55. The van der Waals surface area contributed by atoms with Gasteiger partial charge in [0.1, 0.15) is 5.75 Å². The molecule has 0 bridgehead atoms. The maximum atomic E-state index is 5.55. The van der Waals surface area contributed by atoms with Crippen LogP contribution >= 0.6 is 24.0 Å². The number of nitrogens with one attached hydrogen (secondary N) is 2. The number of halogens is 1. The molecule has 1 heterocycles. The summed E-state index contributed by atoms with van der Waals surface area (Å²) in [7, 11) is 7.80. The Bertz CT molecular complexity index is 616. The average Bonchev–Trinajstić information content (AvgIpc) is 2.65. The molecule has 7 heteroatoms. The van der Waals surface area contributed by atoms with E-state index in [1.165, 1.54) is 5.56 Å². The first kappa shape index (κ1) is 24.0. The zero-order valence-electron chi connectivity index (χ0n) is 17.5. The van der Waals surface area contributed by atoms with E-state index in [1.54, 1.807) is 7.11 Å². The van der Waals surface area contributed by atoms with Crippen molar-refractivity contribution in [1.82, 2.24) is 15.5 Å². The molecule has 6 nitrogen and oxygen atoms in total. The minimum atomic E-state index is 0. The summed E-state index contributed by atoms with van der Waals surface area (Å²) in [4.78, 5) is 6.72. The fourth-order valence-corrected chi connectivity index (χ4v) is 3.45. The van der Waals surface area contributed by atoms with Gasteiger partial charge in [-0.25, -0.2) is 0 Å². The Morgan fingerprint density at radius 3 is 2.56 bits per heavy atom. The molecule has 0 aliphatic carbocycles. The summed E-state index contributed by atoms with van der Waals surface area (Å²) in [5, 5.41) is 7.00. The topological polar surface area (TPSA) is 58.1 Å². The summed E-state index contributed by atoms with van der Waals surface area (Å²) in [5.41, 5.74) is 2.44. The Morgan fingerprint density at radius 2 is 2.00 bits per heavy atom. The van der Waals surface area contributed by atoms with Crippen molar-refractivity contribution in [3.8, 4) is 5.75 Å². The number of hydrogen-bond donors (Lipinski definition) is 2. The molecule has 0 saturated carbocycles. The highest BCUT2D eigenvalue weighted by molar-refractivity contribution is 14.0. The molecule has 0 radical (unpaired) electrons. The van der Waals surface area contributed by atoms with Gasteiger partial charge in [-0.15, -0.1) is 24.0 Å². The molecule has 1 aliphatic heterocycles. The number of guanidine groups is 1. The van der Waals surface area contributed by atoms with Crippen molar-refractivity contribution in [2.75, 3.05) is 48.0 Å². The first-order chi connectivity index (χ1) is 12.4. The van der Waals surface area contributed by atoms with Crippen molar-refractivity contribution in [3.05, 3.63) is 29.3 Å². The van der Waals surface area contributed by atoms with Crippen molar-refractivity contribution in [2.45, 2.75) is 38.3 Å². The molecule has 1 fully saturated rings. The van der Waals surface area contributed by atoms with Crippen LogP contribution in [0, 0.1) is 6.92 Å². The Morgan fingerprint density at radius 1 is 1.33 bits per heavy atom. The highest BCUT2D eigenvalue weighted by atomic mass is 127. The molecular formula is C20H35IN4O2. The van der Waals surface area contributed by atoms with Gasteiger partial charge in [0.25, 0.3) is 0 Å². The molecule has 1 saturated heterocycles. The molecule has 154 valence electrons. The largest absolute Gasteiger partial charge is 0.496 e. The van der Waals surface area contributed by atoms with E-state index in [2.05, 4.69) is 60.6 Å². The fourth-order valence-electron chi connectivity index (χ4n) is 3.45. The van der Waals surface area contributed by atoms with Crippen molar-refractivity contribution in [3.63, 3.8) is 0 Å². The van der Waals surface area contributed by atoms with Gasteiger partial charge in [-0.05, 0) is 46.9 Å². The number of aryl methyl sites for hydroxylation is 1. The second-order valence-corrected chi connectivity index (χ2v) is 7.27. The lowest BCUT2D eigenvalue weighted by Gasteiger charge is -2.43. The number of rotatable bonds is 6. The summed E-state index contributed by atoms with van der Waals surface area (Å²) in [6.45, 7) is 6.67. The number of ether oxygens (including phenoxy) is 2. The second kappa shape index (κ2) is 11.1. The van der Waals surface area contributed by atoms with E-state index in [1.807, 2.05) is 13.1 Å². The molecule has 1 aliphatic rings. The van der Waals surface area contributed by atoms with E-state index in [-0.39, 0.29) is 35.6 Å². The van der Waals surface area contributed by atoms with Crippen molar-refractivity contribution in [2.24, 2.45) is 4.99 Å². The van der Waals surface area contributed by atoms with Crippen LogP contribution in [0.15, 0.2) is 23.2 Å². The van der Waals surface area contributed by atoms with Gasteiger partial charge in [0.2, 0.25) is 0 Å². The molecule has 1 atom stereocenters. The van der Waals surface area contributed by atoms with Gasteiger partial charge in [0.15, 0.2) is 5.96 Å². The zero-order chi connectivity index (χ0) is 19.2.